The van der Waals surface area contributed by atoms with Crippen LogP contribution in [0.1, 0.15) is 46.4 Å². The number of carbonyl (C=O) groups is 2. The van der Waals surface area contributed by atoms with Crippen LogP contribution in [-0.4, -0.2) is 47.3 Å². The van der Waals surface area contributed by atoms with Gasteiger partial charge in [0.15, 0.2) is 10.9 Å². The average molecular weight is 544 g/mol. The van der Waals surface area contributed by atoms with Crippen LogP contribution in [-0.2, 0) is 0 Å². The molecular formula is C30H29N3O5S. The molecule has 1 N–H and O–H groups in total. The maximum atomic E-state index is 13.7. The van der Waals surface area contributed by atoms with E-state index in [-0.39, 0.29) is 29.0 Å². The molecule has 5 rings (SSSR count). The fourth-order valence-corrected chi connectivity index (χ4v) is 5.60. The molecule has 4 aromatic rings. The zero-order valence-electron chi connectivity index (χ0n) is 21.8. The second-order valence-electron chi connectivity index (χ2n) is 9.36. The highest BCUT2D eigenvalue weighted by molar-refractivity contribution is 7.99. The first-order chi connectivity index (χ1) is 19.0. The zero-order valence-corrected chi connectivity index (χ0v) is 22.6. The topological polar surface area (TPSA) is 99.5 Å². The van der Waals surface area contributed by atoms with Gasteiger partial charge in [-0.25, -0.2) is 4.98 Å². The fourth-order valence-electron chi connectivity index (χ4n) is 4.69. The summed E-state index contributed by atoms with van der Waals surface area (Å²) < 4.78 is 11.9. The van der Waals surface area contributed by atoms with Gasteiger partial charge in [0, 0.05) is 17.2 Å². The highest BCUT2D eigenvalue weighted by Crippen LogP contribution is 2.25. The molecule has 1 aromatic heterocycles. The van der Waals surface area contributed by atoms with Crippen LogP contribution in [0, 0.1) is 0 Å². The van der Waals surface area contributed by atoms with Crippen molar-refractivity contribution in [3.05, 3.63) is 88.2 Å². The molecule has 9 heteroatoms. The molecule has 200 valence electrons. The molecule has 0 unspecified atom stereocenters. The summed E-state index contributed by atoms with van der Waals surface area (Å²) in [5.41, 5.74) is 1.70. The maximum absolute atomic E-state index is 13.7. The van der Waals surface area contributed by atoms with Gasteiger partial charge < -0.3 is 14.8 Å². The fraction of sp³-hybridized carbons (Fsp3) is 0.267. The second kappa shape index (κ2) is 11.7. The first-order valence-electron chi connectivity index (χ1n) is 12.8. The molecule has 0 radical (unpaired) electrons. The van der Waals surface area contributed by atoms with Crippen LogP contribution in [0.3, 0.4) is 0 Å². The van der Waals surface area contributed by atoms with Gasteiger partial charge in [-0.3, -0.25) is 19.0 Å². The number of amides is 1. The summed E-state index contributed by atoms with van der Waals surface area (Å²) in [6, 6.07) is 19.1. The van der Waals surface area contributed by atoms with E-state index in [4.69, 9.17) is 14.5 Å². The van der Waals surface area contributed by atoms with E-state index in [2.05, 4.69) is 5.32 Å². The number of ketones is 1. The number of carbonyl (C=O) groups excluding carboxylic acids is 2. The highest BCUT2D eigenvalue weighted by atomic mass is 32.2. The van der Waals surface area contributed by atoms with Crippen molar-refractivity contribution in [1.29, 1.82) is 0 Å². The number of ether oxygens (including phenoxy) is 2. The third-order valence-corrected chi connectivity index (χ3v) is 7.80. The Labute approximate surface area is 230 Å². The molecule has 1 aliphatic rings. The second-order valence-corrected chi connectivity index (χ2v) is 10.3. The summed E-state index contributed by atoms with van der Waals surface area (Å²) in [7, 11) is 3.14. The lowest BCUT2D eigenvalue weighted by atomic mass is 10.1. The lowest BCUT2D eigenvalue weighted by Gasteiger charge is -2.15. The largest absolute Gasteiger partial charge is 0.497 e. The Bertz CT molecular complexity index is 1560. The van der Waals surface area contributed by atoms with E-state index >= 15 is 0 Å². The first-order valence-corrected chi connectivity index (χ1v) is 13.8. The summed E-state index contributed by atoms with van der Waals surface area (Å²) in [5.74, 6) is 1.11. The molecule has 0 atom stereocenters. The minimum Gasteiger partial charge on any atom is -0.497 e. The van der Waals surface area contributed by atoms with E-state index in [9.17, 15) is 14.4 Å². The summed E-state index contributed by atoms with van der Waals surface area (Å²) in [6.07, 6.45) is 4.19. The summed E-state index contributed by atoms with van der Waals surface area (Å²) >= 11 is 1.17. The number of nitrogens with one attached hydrogen (secondary N) is 1. The number of aromatic nitrogens is 2. The van der Waals surface area contributed by atoms with Crippen molar-refractivity contribution in [3.8, 4) is 17.2 Å². The molecule has 1 aliphatic carbocycles. The van der Waals surface area contributed by atoms with E-state index in [1.165, 1.54) is 16.3 Å². The molecule has 1 saturated carbocycles. The third kappa shape index (κ3) is 5.83. The van der Waals surface area contributed by atoms with Crippen molar-refractivity contribution in [2.75, 3.05) is 20.0 Å². The third-order valence-electron chi connectivity index (χ3n) is 6.87. The van der Waals surface area contributed by atoms with E-state index in [0.29, 0.717) is 44.4 Å². The van der Waals surface area contributed by atoms with Gasteiger partial charge in [-0.05, 0) is 79.6 Å². The molecular weight excluding hydrogens is 514 g/mol. The SMILES string of the molecule is COc1ccc(C(=O)CSc2nc3cc(C(=O)NC4CCCC4)ccc3c(=O)n2-c2ccc(OC)cc2)cc1. The van der Waals surface area contributed by atoms with Crippen molar-refractivity contribution >= 4 is 34.4 Å². The Morgan fingerprint density at radius 1 is 0.923 bits per heavy atom. The molecule has 0 aliphatic heterocycles. The molecule has 0 bridgehead atoms. The number of hydrogen-bond acceptors (Lipinski definition) is 7. The molecule has 0 spiro atoms. The number of fused-ring (bicyclic) bond motifs is 1. The average Bonchev–Trinajstić information content (AvgIpc) is 3.49. The Kier molecular flexibility index (Phi) is 7.97. The highest BCUT2D eigenvalue weighted by Gasteiger charge is 2.20. The molecule has 1 heterocycles. The van der Waals surface area contributed by atoms with Gasteiger partial charge in [-0.15, -0.1) is 0 Å². The number of methoxy groups -OCH3 is 2. The standard InChI is InChI=1S/C30H29N3O5S/c1-37-23-12-7-19(8-13-23)27(34)18-39-30-32-26-17-20(28(35)31-21-5-3-4-6-21)9-16-25(26)29(36)33(30)22-10-14-24(38-2)15-11-22/h7-17,21H,3-6,18H2,1-2H3,(H,31,35). The number of Topliss-reactive ketones (excluding diaryl/α,β-unsaturated/α-hetero) is 1. The molecule has 0 saturated heterocycles. The summed E-state index contributed by atoms with van der Waals surface area (Å²) in [6.45, 7) is 0. The zero-order chi connectivity index (χ0) is 27.4. The van der Waals surface area contributed by atoms with Crippen LogP contribution < -0.4 is 20.3 Å². The van der Waals surface area contributed by atoms with Crippen LogP contribution in [0.5, 0.6) is 11.5 Å². The Morgan fingerprint density at radius 3 is 2.18 bits per heavy atom. The minimum absolute atomic E-state index is 0.0717. The lowest BCUT2D eigenvalue weighted by Crippen LogP contribution is -2.32. The Balaban J connectivity index is 1.50. The predicted molar refractivity (Wildman–Crippen MR) is 152 cm³/mol. The number of rotatable bonds is 9. The van der Waals surface area contributed by atoms with Crippen molar-refractivity contribution < 1.29 is 19.1 Å². The van der Waals surface area contributed by atoms with Crippen LogP contribution in [0.2, 0.25) is 0 Å². The number of thioether (sulfide) groups is 1. The van der Waals surface area contributed by atoms with Gasteiger partial charge in [-0.2, -0.15) is 0 Å². The van der Waals surface area contributed by atoms with Crippen LogP contribution in [0.4, 0.5) is 0 Å². The minimum atomic E-state index is -0.285. The first kappa shape index (κ1) is 26.5. The van der Waals surface area contributed by atoms with Crippen LogP contribution in [0.25, 0.3) is 16.6 Å². The molecule has 39 heavy (non-hydrogen) atoms. The number of nitrogens with zero attached hydrogens (tertiary/aromatic N) is 2. The van der Waals surface area contributed by atoms with Gasteiger partial charge in [0.2, 0.25) is 0 Å². The summed E-state index contributed by atoms with van der Waals surface area (Å²) in [5, 5.41) is 3.82. The number of hydrogen-bond donors (Lipinski definition) is 1. The van der Waals surface area contributed by atoms with E-state index < -0.39 is 0 Å². The van der Waals surface area contributed by atoms with E-state index in [1.54, 1.807) is 80.9 Å². The lowest BCUT2D eigenvalue weighted by molar-refractivity contribution is 0.0937. The monoisotopic (exact) mass is 543 g/mol. The summed E-state index contributed by atoms with van der Waals surface area (Å²) in [4.78, 5) is 44.3. The van der Waals surface area contributed by atoms with Gasteiger partial charge >= 0.3 is 0 Å². The molecule has 1 amide bonds. The van der Waals surface area contributed by atoms with Crippen molar-refractivity contribution in [2.24, 2.45) is 0 Å². The Hall–Kier alpha value is -4.11. The smallest absolute Gasteiger partial charge is 0.266 e. The number of benzene rings is 3. The van der Waals surface area contributed by atoms with Crippen molar-refractivity contribution in [1.82, 2.24) is 14.9 Å². The molecule has 1 fully saturated rings. The normalized spacial score (nSPS) is 13.4. The Morgan fingerprint density at radius 2 is 1.54 bits per heavy atom. The van der Waals surface area contributed by atoms with Gasteiger partial charge in [0.1, 0.15) is 11.5 Å². The van der Waals surface area contributed by atoms with Gasteiger partial charge in [0.25, 0.3) is 11.5 Å². The van der Waals surface area contributed by atoms with E-state index in [1.807, 2.05) is 0 Å². The quantitative estimate of drug-likeness (QED) is 0.179. The van der Waals surface area contributed by atoms with Gasteiger partial charge in [-0.1, -0.05) is 24.6 Å². The van der Waals surface area contributed by atoms with Crippen LogP contribution >= 0.6 is 11.8 Å². The van der Waals surface area contributed by atoms with E-state index in [0.717, 1.165) is 25.7 Å². The maximum Gasteiger partial charge on any atom is 0.266 e. The van der Waals surface area contributed by atoms with Crippen molar-refractivity contribution in [2.45, 2.75) is 36.9 Å². The molecule has 3 aromatic carbocycles. The molecule has 8 nitrogen and oxygen atoms in total. The predicted octanol–water partition coefficient (Wildman–Crippen LogP) is 5.05. The van der Waals surface area contributed by atoms with Crippen molar-refractivity contribution in [3.63, 3.8) is 0 Å². The van der Waals surface area contributed by atoms with Gasteiger partial charge in [0.05, 0.1) is 36.6 Å². The van der Waals surface area contributed by atoms with Crippen LogP contribution in [0.15, 0.2) is 76.7 Å².